The number of carbonyl (C=O) groups is 2. The SMILES string of the molecule is O=C(Cc1cccc2ccccc12)NNC(=O)c1ccc(Sc2ccccn2)cc1. The summed E-state index contributed by atoms with van der Waals surface area (Å²) in [5.41, 5.74) is 6.35. The van der Waals surface area contributed by atoms with Gasteiger partial charge in [0.05, 0.1) is 6.42 Å². The molecule has 4 rings (SSSR count). The van der Waals surface area contributed by atoms with Crippen molar-refractivity contribution in [3.63, 3.8) is 0 Å². The van der Waals surface area contributed by atoms with E-state index in [1.807, 2.05) is 72.8 Å². The highest BCUT2D eigenvalue weighted by Gasteiger charge is 2.10. The Balaban J connectivity index is 1.33. The molecule has 0 radical (unpaired) electrons. The van der Waals surface area contributed by atoms with Crippen molar-refractivity contribution in [3.8, 4) is 0 Å². The van der Waals surface area contributed by atoms with Gasteiger partial charge in [-0.1, -0.05) is 60.3 Å². The maximum atomic E-state index is 12.3. The van der Waals surface area contributed by atoms with Gasteiger partial charge in [-0.15, -0.1) is 0 Å². The molecular weight excluding hydrogens is 394 g/mol. The van der Waals surface area contributed by atoms with Gasteiger partial charge in [-0.05, 0) is 52.7 Å². The third kappa shape index (κ3) is 4.85. The summed E-state index contributed by atoms with van der Waals surface area (Å²) in [6.07, 6.45) is 1.92. The molecular formula is C24H19N3O2S. The lowest BCUT2D eigenvalue weighted by Gasteiger charge is -2.09. The molecule has 0 saturated heterocycles. The topological polar surface area (TPSA) is 71.1 Å². The molecule has 0 unspecified atom stereocenters. The van der Waals surface area contributed by atoms with E-state index in [2.05, 4.69) is 15.8 Å². The van der Waals surface area contributed by atoms with Gasteiger partial charge in [0.25, 0.3) is 5.91 Å². The van der Waals surface area contributed by atoms with Crippen LogP contribution in [0.4, 0.5) is 0 Å². The van der Waals surface area contributed by atoms with Gasteiger partial charge in [0.1, 0.15) is 5.03 Å². The smallest absolute Gasteiger partial charge is 0.269 e. The molecule has 148 valence electrons. The van der Waals surface area contributed by atoms with Crippen LogP contribution in [0.25, 0.3) is 10.8 Å². The first-order valence-corrected chi connectivity index (χ1v) is 10.3. The van der Waals surface area contributed by atoms with Crippen molar-refractivity contribution in [2.24, 2.45) is 0 Å². The van der Waals surface area contributed by atoms with Gasteiger partial charge >= 0.3 is 0 Å². The summed E-state index contributed by atoms with van der Waals surface area (Å²) in [4.78, 5) is 29.9. The fourth-order valence-electron chi connectivity index (χ4n) is 3.07. The van der Waals surface area contributed by atoms with Crippen molar-refractivity contribution in [2.45, 2.75) is 16.3 Å². The van der Waals surface area contributed by atoms with Gasteiger partial charge in [-0.2, -0.15) is 0 Å². The van der Waals surface area contributed by atoms with Crippen molar-refractivity contribution < 1.29 is 9.59 Å². The van der Waals surface area contributed by atoms with Crippen LogP contribution in [0, 0.1) is 0 Å². The number of aromatic nitrogens is 1. The normalized spacial score (nSPS) is 10.5. The van der Waals surface area contributed by atoms with E-state index in [0.29, 0.717) is 5.56 Å². The summed E-state index contributed by atoms with van der Waals surface area (Å²) in [6.45, 7) is 0. The molecule has 0 aliphatic carbocycles. The Kier molecular flexibility index (Phi) is 6.06. The van der Waals surface area contributed by atoms with Gasteiger partial charge in [-0.3, -0.25) is 20.4 Å². The standard InChI is InChI=1S/C24H19N3O2S/c28-22(16-19-8-5-7-17-6-1-2-9-21(17)19)26-27-24(29)18-11-13-20(14-12-18)30-23-10-3-4-15-25-23/h1-15H,16H2,(H,26,28)(H,27,29). The zero-order valence-corrected chi connectivity index (χ0v) is 16.9. The van der Waals surface area contributed by atoms with E-state index in [0.717, 1.165) is 26.3 Å². The summed E-state index contributed by atoms with van der Waals surface area (Å²) in [5.74, 6) is -0.641. The maximum Gasteiger partial charge on any atom is 0.269 e. The molecule has 0 fully saturated rings. The van der Waals surface area contributed by atoms with E-state index in [-0.39, 0.29) is 18.2 Å². The van der Waals surface area contributed by atoms with Crippen molar-refractivity contribution in [1.82, 2.24) is 15.8 Å². The van der Waals surface area contributed by atoms with Gasteiger partial charge < -0.3 is 0 Å². The minimum absolute atomic E-state index is 0.182. The Hall–Kier alpha value is -3.64. The Morgan fingerprint density at radius 1 is 0.800 bits per heavy atom. The number of benzene rings is 3. The van der Waals surface area contributed by atoms with E-state index < -0.39 is 0 Å². The third-order valence-corrected chi connectivity index (χ3v) is 5.48. The Bertz CT molecular complexity index is 1170. The van der Waals surface area contributed by atoms with Gasteiger partial charge in [0.2, 0.25) is 5.91 Å². The van der Waals surface area contributed by atoms with E-state index >= 15 is 0 Å². The molecule has 30 heavy (non-hydrogen) atoms. The zero-order valence-electron chi connectivity index (χ0n) is 16.0. The summed E-state index contributed by atoms with van der Waals surface area (Å²) in [6, 6.07) is 26.6. The lowest BCUT2D eigenvalue weighted by atomic mass is 10.0. The first-order valence-electron chi connectivity index (χ1n) is 9.44. The minimum atomic E-state index is -0.365. The number of hydrazine groups is 1. The molecule has 0 atom stereocenters. The number of hydrogen-bond donors (Lipinski definition) is 2. The number of nitrogens with zero attached hydrogens (tertiary/aromatic N) is 1. The van der Waals surface area contributed by atoms with Crippen LogP contribution in [0.15, 0.2) is 101 Å². The number of rotatable bonds is 5. The largest absolute Gasteiger partial charge is 0.273 e. The first-order chi connectivity index (χ1) is 14.7. The highest BCUT2D eigenvalue weighted by molar-refractivity contribution is 7.99. The average molecular weight is 414 g/mol. The Morgan fingerprint density at radius 3 is 2.37 bits per heavy atom. The molecule has 0 aliphatic heterocycles. The maximum absolute atomic E-state index is 12.3. The molecule has 0 spiro atoms. The van der Waals surface area contributed by atoms with Gasteiger partial charge in [0.15, 0.2) is 0 Å². The molecule has 4 aromatic rings. The van der Waals surface area contributed by atoms with Crippen molar-refractivity contribution in [2.75, 3.05) is 0 Å². The first kappa shape index (κ1) is 19.7. The van der Waals surface area contributed by atoms with Crippen LogP contribution >= 0.6 is 11.8 Å². The fourth-order valence-corrected chi connectivity index (χ4v) is 3.84. The molecule has 3 aromatic carbocycles. The molecule has 0 saturated carbocycles. The lowest BCUT2D eigenvalue weighted by Crippen LogP contribution is -2.42. The summed E-state index contributed by atoms with van der Waals surface area (Å²) in [7, 11) is 0. The number of pyridine rings is 1. The second-order valence-electron chi connectivity index (χ2n) is 6.61. The van der Waals surface area contributed by atoms with Gasteiger partial charge in [-0.25, -0.2) is 4.98 Å². The second kappa shape index (κ2) is 9.24. The average Bonchev–Trinajstić information content (AvgIpc) is 2.79. The van der Waals surface area contributed by atoms with Crippen LogP contribution in [0.5, 0.6) is 0 Å². The number of hydrogen-bond acceptors (Lipinski definition) is 4. The van der Waals surface area contributed by atoms with E-state index in [4.69, 9.17) is 0 Å². The summed E-state index contributed by atoms with van der Waals surface area (Å²) < 4.78 is 0. The monoisotopic (exact) mass is 413 g/mol. The van der Waals surface area contributed by atoms with Crippen LogP contribution in [-0.4, -0.2) is 16.8 Å². The van der Waals surface area contributed by atoms with Gasteiger partial charge in [0, 0.05) is 16.7 Å². The van der Waals surface area contributed by atoms with Crippen LogP contribution in [0.2, 0.25) is 0 Å². The quantitative estimate of drug-likeness (QED) is 0.476. The minimum Gasteiger partial charge on any atom is -0.273 e. The molecule has 5 nitrogen and oxygen atoms in total. The number of carbonyl (C=O) groups excluding carboxylic acids is 2. The van der Waals surface area contributed by atoms with E-state index in [9.17, 15) is 9.59 Å². The zero-order chi connectivity index (χ0) is 20.8. The molecule has 0 aliphatic rings. The Labute approximate surface area is 178 Å². The molecule has 1 aromatic heterocycles. The predicted molar refractivity (Wildman–Crippen MR) is 118 cm³/mol. The van der Waals surface area contributed by atoms with Crippen LogP contribution < -0.4 is 10.9 Å². The van der Waals surface area contributed by atoms with Crippen LogP contribution in [0.1, 0.15) is 15.9 Å². The number of nitrogens with one attached hydrogen (secondary N) is 2. The summed E-state index contributed by atoms with van der Waals surface area (Å²) in [5, 5.41) is 2.99. The number of amides is 2. The summed E-state index contributed by atoms with van der Waals surface area (Å²) >= 11 is 1.52. The highest BCUT2D eigenvalue weighted by atomic mass is 32.2. The molecule has 6 heteroatoms. The van der Waals surface area contributed by atoms with Crippen molar-refractivity contribution in [3.05, 3.63) is 102 Å². The van der Waals surface area contributed by atoms with Crippen LogP contribution in [-0.2, 0) is 11.2 Å². The fraction of sp³-hybridized carbons (Fsp3) is 0.0417. The number of fused-ring (bicyclic) bond motifs is 1. The molecule has 2 amide bonds. The third-order valence-electron chi connectivity index (χ3n) is 4.52. The molecule has 0 bridgehead atoms. The predicted octanol–water partition coefficient (Wildman–Crippen LogP) is 4.39. The van der Waals surface area contributed by atoms with E-state index in [1.165, 1.54) is 11.8 Å². The van der Waals surface area contributed by atoms with Crippen LogP contribution in [0.3, 0.4) is 0 Å². The highest BCUT2D eigenvalue weighted by Crippen LogP contribution is 2.25. The van der Waals surface area contributed by atoms with Crippen molar-refractivity contribution in [1.29, 1.82) is 0 Å². The van der Waals surface area contributed by atoms with E-state index in [1.54, 1.807) is 18.3 Å². The lowest BCUT2D eigenvalue weighted by molar-refractivity contribution is -0.121. The molecule has 1 heterocycles. The van der Waals surface area contributed by atoms with Crippen molar-refractivity contribution >= 4 is 34.3 Å². The second-order valence-corrected chi connectivity index (χ2v) is 7.71. The Morgan fingerprint density at radius 2 is 1.57 bits per heavy atom. The molecule has 2 N–H and O–H groups in total.